The maximum absolute atomic E-state index is 4.18. The van der Waals surface area contributed by atoms with E-state index in [0.717, 1.165) is 12.5 Å². The lowest BCUT2D eigenvalue weighted by Crippen LogP contribution is -2.34. The molecular weight excluding hydrogens is 198 g/mol. The second kappa shape index (κ2) is 5.48. The fourth-order valence-electron chi connectivity index (χ4n) is 2.64. The SMILES string of the molecule is C[C@H](NCc1ccnn1C)C1CCCCC1. The van der Waals surface area contributed by atoms with Gasteiger partial charge in [0.1, 0.15) is 0 Å². The molecule has 3 nitrogen and oxygen atoms in total. The van der Waals surface area contributed by atoms with Gasteiger partial charge in [-0.25, -0.2) is 0 Å². The standard InChI is InChI=1S/C13H23N3/c1-11(12-6-4-3-5-7-12)14-10-13-8-9-15-16(13)2/h8-9,11-12,14H,3-7,10H2,1-2H3/t11-/m0/s1. The highest BCUT2D eigenvalue weighted by molar-refractivity contribution is 4.99. The molecule has 16 heavy (non-hydrogen) atoms. The van der Waals surface area contributed by atoms with Gasteiger partial charge in [-0.1, -0.05) is 19.3 Å². The van der Waals surface area contributed by atoms with E-state index in [1.807, 2.05) is 17.9 Å². The van der Waals surface area contributed by atoms with E-state index >= 15 is 0 Å². The Morgan fingerprint density at radius 1 is 1.44 bits per heavy atom. The number of hydrogen-bond acceptors (Lipinski definition) is 2. The first kappa shape index (κ1) is 11.6. The molecule has 0 aliphatic heterocycles. The minimum Gasteiger partial charge on any atom is -0.308 e. The Labute approximate surface area is 98.2 Å². The van der Waals surface area contributed by atoms with E-state index in [-0.39, 0.29) is 0 Å². The smallest absolute Gasteiger partial charge is 0.0518 e. The second-order valence-corrected chi connectivity index (χ2v) is 5.01. The summed E-state index contributed by atoms with van der Waals surface area (Å²) in [6.45, 7) is 3.26. The van der Waals surface area contributed by atoms with Crippen LogP contribution in [-0.2, 0) is 13.6 Å². The number of aryl methyl sites for hydroxylation is 1. The maximum Gasteiger partial charge on any atom is 0.0518 e. The molecule has 1 aliphatic rings. The average Bonchev–Trinajstić information content (AvgIpc) is 2.73. The van der Waals surface area contributed by atoms with Crippen molar-refractivity contribution < 1.29 is 0 Å². The normalized spacial score (nSPS) is 19.9. The highest BCUT2D eigenvalue weighted by Crippen LogP contribution is 2.26. The molecule has 90 valence electrons. The van der Waals surface area contributed by atoms with Crippen LogP contribution in [0.5, 0.6) is 0 Å². The number of rotatable bonds is 4. The summed E-state index contributed by atoms with van der Waals surface area (Å²) in [7, 11) is 2.00. The summed E-state index contributed by atoms with van der Waals surface area (Å²) < 4.78 is 1.95. The zero-order valence-corrected chi connectivity index (χ0v) is 10.4. The summed E-state index contributed by atoms with van der Waals surface area (Å²) in [6.07, 6.45) is 8.94. The third-order valence-corrected chi connectivity index (χ3v) is 3.88. The molecule has 1 aromatic rings. The highest BCUT2D eigenvalue weighted by atomic mass is 15.3. The van der Waals surface area contributed by atoms with E-state index in [9.17, 15) is 0 Å². The van der Waals surface area contributed by atoms with Crippen LogP contribution in [0.15, 0.2) is 12.3 Å². The van der Waals surface area contributed by atoms with Gasteiger partial charge in [-0.15, -0.1) is 0 Å². The van der Waals surface area contributed by atoms with Gasteiger partial charge in [0.05, 0.1) is 5.69 Å². The van der Waals surface area contributed by atoms with Crippen LogP contribution < -0.4 is 5.32 Å². The molecule has 0 saturated heterocycles. The minimum absolute atomic E-state index is 0.634. The van der Waals surface area contributed by atoms with Crippen LogP contribution >= 0.6 is 0 Å². The van der Waals surface area contributed by atoms with E-state index in [1.165, 1.54) is 37.8 Å². The topological polar surface area (TPSA) is 29.9 Å². The lowest BCUT2D eigenvalue weighted by atomic mass is 9.84. The highest BCUT2D eigenvalue weighted by Gasteiger charge is 2.19. The minimum atomic E-state index is 0.634. The number of hydrogen-bond donors (Lipinski definition) is 1. The Hall–Kier alpha value is -0.830. The Morgan fingerprint density at radius 2 is 2.19 bits per heavy atom. The molecular formula is C13H23N3. The fourth-order valence-corrected chi connectivity index (χ4v) is 2.64. The fraction of sp³-hybridized carbons (Fsp3) is 0.769. The van der Waals surface area contributed by atoms with Crippen molar-refractivity contribution in [3.63, 3.8) is 0 Å². The first-order chi connectivity index (χ1) is 7.77. The molecule has 2 rings (SSSR count). The predicted molar refractivity (Wildman–Crippen MR) is 66.1 cm³/mol. The Balaban J connectivity index is 1.78. The molecule has 0 unspecified atom stereocenters. The van der Waals surface area contributed by atoms with Crippen molar-refractivity contribution in [3.05, 3.63) is 18.0 Å². The van der Waals surface area contributed by atoms with Crippen LogP contribution in [0.25, 0.3) is 0 Å². The van der Waals surface area contributed by atoms with Crippen molar-refractivity contribution in [2.45, 2.75) is 51.6 Å². The van der Waals surface area contributed by atoms with E-state index in [0.29, 0.717) is 6.04 Å². The summed E-state index contributed by atoms with van der Waals surface area (Å²) in [4.78, 5) is 0. The summed E-state index contributed by atoms with van der Waals surface area (Å²) in [5, 5.41) is 7.82. The third kappa shape index (κ3) is 2.85. The van der Waals surface area contributed by atoms with Gasteiger partial charge < -0.3 is 5.32 Å². The van der Waals surface area contributed by atoms with Crippen molar-refractivity contribution in [1.29, 1.82) is 0 Å². The lowest BCUT2D eigenvalue weighted by Gasteiger charge is -2.28. The Bertz CT molecular complexity index is 313. The Kier molecular flexibility index (Phi) is 3.99. The molecule has 0 aromatic carbocycles. The number of nitrogens with one attached hydrogen (secondary N) is 1. The van der Waals surface area contributed by atoms with Gasteiger partial charge in [0.15, 0.2) is 0 Å². The van der Waals surface area contributed by atoms with E-state index in [1.54, 1.807) is 0 Å². The van der Waals surface area contributed by atoms with Gasteiger partial charge in [0, 0.05) is 25.8 Å². The molecule has 0 amide bonds. The molecule has 1 N–H and O–H groups in total. The first-order valence-electron chi connectivity index (χ1n) is 6.47. The van der Waals surface area contributed by atoms with E-state index in [4.69, 9.17) is 0 Å². The quantitative estimate of drug-likeness (QED) is 0.846. The van der Waals surface area contributed by atoms with Gasteiger partial charge in [0.2, 0.25) is 0 Å². The van der Waals surface area contributed by atoms with Crippen LogP contribution in [-0.4, -0.2) is 15.8 Å². The Morgan fingerprint density at radius 3 is 2.81 bits per heavy atom. The molecule has 1 aromatic heterocycles. The van der Waals surface area contributed by atoms with Crippen LogP contribution in [0.4, 0.5) is 0 Å². The van der Waals surface area contributed by atoms with Gasteiger partial charge in [-0.05, 0) is 31.7 Å². The molecule has 1 saturated carbocycles. The van der Waals surface area contributed by atoms with Gasteiger partial charge in [-0.2, -0.15) is 5.10 Å². The van der Waals surface area contributed by atoms with E-state index in [2.05, 4.69) is 23.4 Å². The molecule has 1 fully saturated rings. The largest absolute Gasteiger partial charge is 0.308 e. The molecule has 1 heterocycles. The maximum atomic E-state index is 4.18. The molecule has 1 aliphatic carbocycles. The van der Waals surface area contributed by atoms with Crippen LogP contribution in [0.2, 0.25) is 0 Å². The molecule has 3 heteroatoms. The van der Waals surface area contributed by atoms with Crippen molar-refractivity contribution >= 4 is 0 Å². The van der Waals surface area contributed by atoms with Gasteiger partial charge >= 0.3 is 0 Å². The van der Waals surface area contributed by atoms with Crippen molar-refractivity contribution in [2.75, 3.05) is 0 Å². The number of aromatic nitrogens is 2. The average molecular weight is 221 g/mol. The second-order valence-electron chi connectivity index (χ2n) is 5.01. The third-order valence-electron chi connectivity index (χ3n) is 3.88. The van der Waals surface area contributed by atoms with Crippen LogP contribution in [0.1, 0.15) is 44.7 Å². The van der Waals surface area contributed by atoms with E-state index < -0.39 is 0 Å². The lowest BCUT2D eigenvalue weighted by molar-refractivity contribution is 0.279. The van der Waals surface area contributed by atoms with Crippen molar-refractivity contribution in [2.24, 2.45) is 13.0 Å². The number of nitrogens with zero attached hydrogens (tertiary/aromatic N) is 2. The van der Waals surface area contributed by atoms with Crippen LogP contribution in [0, 0.1) is 5.92 Å². The van der Waals surface area contributed by atoms with Gasteiger partial charge in [-0.3, -0.25) is 4.68 Å². The van der Waals surface area contributed by atoms with Crippen molar-refractivity contribution in [1.82, 2.24) is 15.1 Å². The monoisotopic (exact) mass is 221 g/mol. The molecule has 0 radical (unpaired) electrons. The molecule has 1 atom stereocenters. The summed E-state index contributed by atoms with van der Waals surface area (Å²) in [6, 6.07) is 2.72. The predicted octanol–water partition coefficient (Wildman–Crippen LogP) is 2.48. The zero-order valence-electron chi connectivity index (χ0n) is 10.4. The summed E-state index contributed by atoms with van der Waals surface area (Å²) >= 11 is 0. The summed E-state index contributed by atoms with van der Waals surface area (Å²) in [5.74, 6) is 0.877. The zero-order chi connectivity index (χ0) is 11.4. The first-order valence-corrected chi connectivity index (χ1v) is 6.47. The summed E-state index contributed by atoms with van der Waals surface area (Å²) in [5.41, 5.74) is 1.27. The van der Waals surface area contributed by atoms with Crippen LogP contribution in [0.3, 0.4) is 0 Å². The molecule has 0 spiro atoms. The van der Waals surface area contributed by atoms with Gasteiger partial charge in [0.25, 0.3) is 0 Å². The van der Waals surface area contributed by atoms with Crippen molar-refractivity contribution in [3.8, 4) is 0 Å². The molecule has 0 bridgehead atoms.